The van der Waals surface area contributed by atoms with E-state index in [0.29, 0.717) is 17.3 Å². The Morgan fingerprint density at radius 3 is 2.61 bits per heavy atom. The van der Waals surface area contributed by atoms with Crippen molar-refractivity contribution in [3.63, 3.8) is 0 Å². The Morgan fingerprint density at radius 2 is 1.94 bits per heavy atom. The van der Waals surface area contributed by atoms with E-state index in [0.717, 1.165) is 41.3 Å². The third kappa shape index (κ3) is 6.47. The van der Waals surface area contributed by atoms with E-state index in [4.69, 9.17) is 16.3 Å². The molecule has 1 N–H and O–H groups in total. The molecule has 0 spiro atoms. The Balaban J connectivity index is 1.74. The molecule has 0 aromatic heterocycles. The number of benzene rings is 2. The number of aryl methyl sites for hydroxylation is 1. The average molecular weight is 508 g/mol. The smallest absolute Gasteiger partial charge is 0.261 e. The van der Waals surface area contributed by atoms with Crippen LogP contribution < -0.4 is 10.1 Å². The summed E-state index contributed by atoms with van der Waals surface area (Å²) in [5, 5.41) is 3.52. The summed E-state index contributed by atoms with van der Waals surface area (Å²) >= 11 is 9.56. The van der Waals surface area contributed by atoms with Crippen molar-refractivity contribution in [2.24, 2.45) is 0 Å². The van der Waals surface area contributed by atoms with Crippen LogP contribution in [0, 0.1) is 6.92 Å². The van der Waals surface area contributed by atoms with Gasteiger partial charge in [0.25, 0.3) is 5.91 Å². The normalized spacial score (nSPS) is 14.8. The number of ether oxygens (including phenoxy) is 1. The van der Waals surface area contributed by atoms with Gasteiger partial charge in [-0.25, -0.2) is 0 Å². The monoisotopic (exact) mass is 506 g/mol. The van der Waals surface area contributed by atoms with E-state index in [9.17, 15) is 9.59 Å². The van der Waals surface area contributed by atoms with Gasteiger partial charge in [0.15, 0.2) is 6.61 Å². The van der Waals surface area contributed by atoms with Crippen molar-refractivity contribution in [1.29, 1.82) is 0 Å². The van der Waals surface area contributed by atoms with Crippen LogP contribution in [-0.4, -0.2) is 35.4 Å². The van der Waals surface area contributed by atoms with E-state index >= 15 is 0 Å². The summed E-state index contributed by atoms with van der Waals surface area (Å²) in [6.07, 6.45) is 4.25. The van der Waals surface area contributed by atoms with Crippen LogP contribution in [0.15, 0.2) is 46.9 Å². The Labute approximate surface area is 197 Å². The van der Waals surface area contributed by atoms with Crippen LogP contribution in [0.5, 0.6) is 5.75 Å². The van der Waals surface area contributed by atoms with Crippen LogP contribution in [0.1, 0.15) is 43.7 Å². The number of halogens is 2. The maximum absolute atomic E-state index is 13.2. The van der Waals surface area contributed by atoms with Gasteiger partial charge < -0.3 is 15.0 Å². The van der Waals surface area contributed by atoms with Crippen LogP contribution in [0.25, 0.3) is 0 Å². The second-order valence-electron chi connectivity index (χ2n) is 7.98. The van der Waals surface area contributed by atoms with Gasteiger partial charge in [-0.3, -0.25) is 9.59 Å². The van der Waals surface area contributed by atoms with E-state index < -0.39 is 6.04 Å². The van der Waals surface area contributed by atoms with Crippen molar-refractivity contribution in [3.05, 3.63) is 63.1 Å². The number of carbonyl (C=O) groups excluding carboxylic acids is 2. The van der Waals surface area contributed by atoms with Crippen LogP contribution in [0.2, 0.25) is 5.02 Å². The molecule has 5 nitrogen and oxygen atoms in total. The Morgan fingerprint density at radius 1 is 1.23 bits per heavy atom. The van der Waals surface area contributed by atoms with Gasteiger partial charge in [-0.15, -0.1) is 0 Å². The van der Waals surface area contributed by atoms with Gasteiger partial charge in [0.1, 0.15) is 11.8 Å². The first kappa shape index (κ1) is 23.6. The number of hydrogen-bond acceptors (Lipinski definition) is 3. The zero-order chi connectivity index (χ0) is 22.4. The summed E-state index contributed by atoms with van der Waals surface area (Å²) in [6.45, 7) is 3.91. The molecule has 7 heteroatoms. The van der Waals surface area contributed by atoms with Gasteiger partial charge in [0.2, 0.25) is 5.91 Å². The standard InChI is InChI=1S/C24H28BrClN2O3/c1-16-7-3-4-8-18(16)14-28(17(2)24(30)27-20-9-5-6-10-20)23(29)15-31-22-12-11-19(25)13-21(22)26/h3-4,7-8,11-13,17,20H,5-6,9-10,14-15H2,1-2H3,(H,27,30). The molecule has 0 saturated heterocycles. The molecular weight excluding hydrogens is 480 g/mol. The van der Waals surface area contributed by atoms with Crippen molar-refractivity contribution in [2.45, 2.75) is 58.2 Å². The summed E-state index contributed by atoms with van der Waals surface area (Å²) in [4.78, 5) is 27.7. The number of rotatable bonds is 8. The fourth-order valence-electron chi connectivity index (χ4n) is 3.76. The molecule has 1 unspecified atom stereocenters. The van der Waals surface area contributed by atoms with E-state index in [1.165, 1.54) is 0 Å². The van der Waals surface area contributed by atoms with Crippen molar-refractivity contribution >= 4 is 39.3 Å². The lowest BCUT2D eigenvalue weighted by Gasteiger charge is -2.30. The Bertz CT molecular complexity index is 931. The first-order valence-corrected chi connectivity index (χ1v) is 11.7. The molecule has 31 heavy (non-hydrogen) atoms. The molecule has 0 bridgehead atoms. The second kappa shape index (κ2) is 11.0. The minimum Gasteiger partial charge on any atom is -0.482 e. The van der Waals surface area contributed by atoms with Crippen LogP contribution >= 0.6 is 27.5 Å². The fourth-order valence-corrected chi connectivity index (χ4v) is 4.49. The van der Waals surface area contributed by atoms with E-state index in [-0.39, 0.29) is 24.5 Å². The highest BCUT2D eigenvalue weighted by Crippen LogP contribution is 2.28. The van der Waals surface area contributed by atoms with Gasteiger partial charge in [0, 0.05) is 17.1 Å². The number of amides is 2. The Hall–Kier alpha value is -2.05. The lowest BCUT2D eigenvalue weighted by atomic mass is 10.1. The molecule has 1 aliphatic carbocycles. The van der Waals surface area contributed by atoms with Crippen molar-refractivity contribution in [3.8, 4) is 5.75 Å². The molecular formula is C24H28BrClN2O3. The quantitative estimate of drug-likeness (QED) is 0.530. The first-order chi connectivity index (χ1) is 14.8. The number of nitrogens with zero attached hydrogens (tertiary/aromatic N) is 1. The topological polar surface area (TPSA) is 58.6 Å². The molecule has 0 heterocycles. The lowest BCUT2D eigenvalue weighted by molar-refractivity contribution is -0.142. The van der Waals surface area contributed by atoms with E-state index in [2.05, 4.69) is 21.2 Å². The van der Waals surface area contributed by atoms with Crippen LogP contribution in [-0.2, 0) is 16.1 Å². The minimum absolute atomic E-state index is 0.129. The average Bonchev–Trinajstić information content (AvgIpc) is 3.25. The molecule has 0 aliphatic heterocycles. The zero-order valence-corrected chi connectivity index (χ0v) is 20.2. The van der Waals surface area contributed by atoms with Gasteiger partial charge in [-0.1, -0.05) is 64.6 Å². The number of carbonyl (C=O) groups is 2. The van der Waals surface area contributed by atoms with Crippen molar-refractivity contribution in [1.82, 2.24) is 10.2 Å². The van der Waals surface area contributed by atoms with E-state index in [1.54, 1.807) is 30.0 Å². The van der Waals surface area contributed by atoms with Gasteiger partial charge in [0.05, 0.1) is 5.02 Å². The predicted octanol–water partition coefficient (Wildman–Crippen LogP) is 5.27. The number of hydrogen-bond donors (Lipinski definition) is 1. The first-order valence-electron chi connectivity index (χ1n) is 10.6. The summed E-state index contributed by atoms with van der Waals surface area (Å²) in [6, 6.07) is 12.7. The predicted molar refractivity (Wildman–Crippen MR) is 126 cm³/mol. The van der Waals surface area contributed by atoms with E-state index in [1.807, 2.05) is 31.2 Å². The van der Waals surface area contributed by atoms with Gasteiger partial charge in [-0.05, 0) is 56.0 Å². The molecule has 1 fully saturated rings. The molecule has 0 radical (unpaired) electrons. The highest BCUT2D eigenvalue weighted by molar-refractivity contribution is 9.10. The number of nitrogens with one attached hydrogen (secondary N) is 1. The maximum atomic E-state index is 13.2. The third-order valence-electron chi connectivity index (χ3n) is 5.72. The SMILES string of the molecule is Cc1ccccc1CN(C(=O)COc1ccc(Br)cc1Cl)C(C)C(=O)NC1CCCC1. The minimum atomic E-state index is -0.614. The van der Waals surface area contributed by atoms with Gasteiger partial charge in [-0.2, -0.15) is 0 Å². The van der Waals surface area contributed by atoms with Crippen molar-refractivity contribution in [2.75, 3.05) is 6.61 Å². The highest BCUT2D eigenvalue weighted by Gasteiger charge is 2.29. The molecule has 3 rings (SSSR count). The largest absolute Gasteiger partial charge is 0.482 e. The molecule has 1 saturated carbocycles. The summed E-state index contributed by atoms with van der Waals surface area (Å²) in [5.74, 6) is 0.0314. The lowest BCUT2D eigenvalue weighted by Crippen LogP contribution is -2.50. The Kier molecular flexibility index (Phi) is 8.38. The molecule has 2 aromatic rings. The fraction of sp³-hybridized carbons (Fsp3) is 0.417. The molecule has 1 aliphatic rings. The van der Waals surface area contributed by atoms with Crippen LogP contribution in [0.4, 0.5) is 0 Å². The zero-order valence-electron chi connectivity index (χ0n) is 17.9. The third-order valence-corrected chi connectivity index (χ3v) is 6.50. The molecule has 1 atom stereocenters. The summed E-state index contributed by atoms with van der Waals surface area (Å²) in [5.41, 5.74) is 2.07. The van der Waals surface area contributed by atoms with Crippen molar-refractivity contribution < 1.29 is 14.3 Å². The summed E-state index contributed by atoms with van der Waals surface area (Å²) in [7, 11) is 0. The maximum Gasteiger partial charge on any atom is 0.261 e. The van der Waals surface area contributed by atoms with Crippen LogP contribution in [0.3, 0.4) is 0 Å². The second-order valence-corrected chi connectivity index (χ2v) is 9.30. The van der Waals surface area contributed by atoms with Gasteiger partial charge >= 0.3 is 0 Å². The molecule has 166 valence electrons. The summed E-state index contributed by atoms with van der Waals surface area (Å²) < 4.78 is 6.52. The molecule has 2 aromatic carbocycles. The molecule has 2 amide bonds. The highest BCUT2D eigenvalue weighted by atomic mass is 79.9.